The highest BCUT2D eigenvalue weighted by atomic mass is 16.1. The summed E-state index contributed by atoms with van der Waals surface area (Å²) >= 11 is 0. The molecule has 0 radical (unpaired) electrons. The Kier molecular flexibility index (Phi) is 4.17. The number of nitrogens with one attached hydrogen (secondary N) is 1. The summed E-state index contributed by atoms with van der Waals surface area (Å²) in [5.41, 5.74) is 4.12. The van der Waals surface area contributed by atoms with E-state index in [2.05, 4.69) is 27.3 Å². The van der Waals surface area contributed by atoms with Gasteiger partial charge in [0.05, 0.1) is 5.56 Å². The van der Waals surface area contributed by atoms with Crippen molar-refractivity contribution in [3.05, 3.63) is 89.6 Å². The maximum Gasteiger partial charge on any atom is 0.255 e. The first-order valence-corrected chi connectivity index (χ1v) is 8.45. The van der Waals surface area contributed by atoms with Crippen molar-refractivity contribution in [3.8, 4) is 0 Å². The first-order chi connectivity index (χ1) is 12.3. The molecule has 0 saturated carbocycles. The van der Waals surface area contributed by atoms with E-state index in [9.17, 15) is 4.79 Å². The molecule has 0 fully saturated rings. The van der Waals surface area contributed by atoms with Gasteiger partial charge in [-0.2, -0.15) is 0 Å². The van der Waals surface area contributed by atoms with Crippen LogP contribution in [0.25, 0.3) is 0 Å². The Labute approximate surface area is 147 Å². The van der Waals surface area contributed by atoms with E-state index in [-0.39, 0.29) is 5.91 Å². The van der Waals surface area contributed by atoms with E-state index in [0.29, 0.717) is 12.1 Å². The summed E-state index contributed by atoms with van der Waals surface area (Å²) in [6.07, 6.45) is 2.71. The van der Waals surface area contributed by atoms with Crippen molar-refractivity contribution in [2.75, 3.05) is 11.4 Å². The predicted molar refractivity (Wildman–Crippen MR) is 99.0 cm³/mol. The molecule has 124 valence electrons. The minimum absolute atomic E-state index is 0.101. The van der Waals surface area contributed by atoms with Crippen molar-refractivity contribution in [3.63, 3.8) is 0 Å². The number of rotatable bonds is 4. The van der Waals surface area contributed by atoms with Crippen molar-refractivity contribution >= 4 is 17.4 Å². The number of para-hydroxylation sites is 1. The second-order valence-corrected chi connectivity index (χ2v) is 6.07. The Bertz CT molecular complexity index is 892. The van der Waals surface area contributed by atoms with Gasteiger partial charge in [0.2, 0.25) is 0 Å². The average Bonchev–Trinajstić information content (AvgIpc) is 3.11. The Balaban J connectivity index is 1.58. The minimum atomic E-state index is -0.101. The largest absolute Gasteiger partial charge is 0.348 e. The van der Waals surface area contributed by atoms with Crippen LogP contribution >= 0.6 is 0 Å². The van der Waals surface area contributed by atoms with Crippen LogP contribution in [0.2, 0.25) is 0 Å². The van der Waals surface area contributed by atoms with Gasteiger partial charge < -0.3 is 10.2 Å². The van der Waals surface area contributed by atoms with E-state index < -0.39 is 0 Å². The molecule has 1 amide bonds. The summed E-state index contributed by atoms with van der Waals surface area (Å²) in [5.74, 6) is 0.620. The Morgan fingerprint density at radius 3 is 2.68 bits per heavy atom. The van der Waals surface area contributed by atoms with Crippen LogP contribution in [0.4, 0.5) is 11.5 Å². The summed E-state index contributed by atoms with van der Waals surface area (Å²) < 4.78 is 0. The molecule has 2 heterocycles. The third kappa shape index (κ3) is 3.11. The lowest BCUT2D eigenvalue weighted by atomic mass is 10.1. The van der Waals surface area contributed by atoms with Gasteiger partial charge in [0.1, 0.15) is 5.82 Å². The molecule has 4 nitrogen and oxygen atoms in total. The number of carbonyl (C=O) groups excluding carboxylic acids is 1. The molecule has 1 N–H and O–H groups in total. The summed E-state index contributed by atoms with van der Waals surface area (Å²) in [6, 6.07) is 21.8. The number of pyridine rings is 1. The third-order valence-electron chi connectivity index (χ3n) is 4.47. The number of fused-ring (bicyclic) bond motifs is 1. The standard InChI is InChI=1S/C21H19N3O/c25-21(23-15-16-7-2-1-3-8-16)18-10-6-13-22-20(18)24-14-12-17-9-4-5-11-19(17)24/h1-11,13H,12,14-15H2,(H,23,25). The zero-order chi connectivity index (χ0) is 17.1. The van der Waals surface area contributed by atoms with Crippen LogP contribution in [0, 0.1) is 0 Å². The molecule has 0 spiro atoms. The minimum Gasteiger partial charge on any atom is -0.348 e. The van der Waals surface area contributed by atoms with E-state index in [1.807, 2.05) is 54.6 Å². The van der Waals surface area contributed by atoms with Crippen molar-refractivity contribution in [1.29, 1.82) is 0 Å². The van der Waals surface area contributed by atoms with Gasteiger partial charge in [0.25, 0.3) is 5.91 Å². The highest BCUT2D eigenvalue weighted by molar-refractivity contribution is 5.99. The average molecular weight is 329 g/mol. The quantitative estimate of drug-likeness (QED) is 0.794. The van der Waals surface area contributed by atoms with Crippen LogP contribution < -0.4 is 10.2 Å². The Hall–Kier alpha value is -3.14. The maximum atomic E-state index is 12.7. The first-order valence-electron chi connectivity index (χ1n) is 8.45. The van der Waals surface area contributed by atoms with Crippen molar-refractivity contribution in [1.82, 2.24) is 10.3 Å². The third-order valence-corrected chi connectivity index (χ3v) is 4.47. The van der Waals surface area contributed by atoms with Crippen LogP contribution in [-0.4, -0.2) is 17.4 Å². The summed E-state index contributed by atoms with van der Waals surface area (Å²) in [4.78, 5) is 19.4. The SMILES string of the molecule is O=C(NCc1ccccc1)c1cccnc1N1CCc2ccccc21. The van der Waals surface area contributed by atoms with E-state index in [1.54, 1.807) is 6.20 Å². The molecular weight excluding hydrogens is 310 g/mol. The van der Waals surface area contributed by atoms with Gasteiger partial charge in [-0.1, -0.05) is 48.5 Å². The van der Waals surface area contributed by atoms with Gasteiger partial charge in [0.15, 0.2) is 0 Å². The number of hydrogen-bond donors (Lipinski definition) is 1. The highest BCUT2D eigenvalue weighted by Gasteiger charge is 2.24. The molecule has 0 atom stereocenters. The van der Waals surface area contributed by atoms with Gasteiger partial charge in [-0.25, -0.2) is 4.98 Å². The predicted octanol–water partition coefficient (Wildman–Crippen LogP) is 3.71. The lowest BCUT2D eigenvalue weighted by Gasteiger charge is -2.21. The number of carbonyl (C=O) groups is 1. The first kappa shape index (κ1) is 15.4. The number of anilines is 2. The van der Waals surface area contributed by atoms with Crippen LogP contribution in [0.5, 0.6) is 0 Å². The van der Waals surface area contributed by atoms with Crippen molar-refractivity contribution < 1.29 is 4.79 Å². The van der Waals surface area contributed by atoms with Crippen LogP contribution in [0.1, 0.15) is 21.5 Å². The van der Waals surface area contributed by atoms with Crippen LogP contribution in [0.3, 0.4) is 0 Å². The molecule has 3 aromatic rings. The fourth-order valence-corrected chi connectivity index (χ4v) is 3.22. The second kappa shape index (κ2) is 6.77. The highest BCUT2D eigenvalue weighted by Crippen LogP contribution is 2.34. The molecule has 0 saturated heterocycles. The molecule has 0 aliphatic carbocycles. The monoisotopic (exact) mass is 329 g/mol. The smallest absolute Gasteiger partial charge is 0.255 e. The molecule has 0 unspecified atom stereocenters. The van der Waals surface area contributed by atoms with Gasteiger partial charge >= 0.3 is 0 Å². The lowest BCUT2D eigenvalue weighted by molar-refractivity contribution is 0.0951. The van der Waals surface area contributed by atoms with E-state index in [0.717, 1.165) is 30.0 Å². The molecule has 4 rings (SSSR count). The summed E-state index contributed by atoms with van der Waals surface area (Å²) in [7, 11) is 0. The molecule has 2 aromatic carbocycles. The lowest BCUT2D eigenvalue weighted by Crippen LogP contribution is -2.26. The number of benzene rings is 2. The zero-order valence-electron chi connectivity index (χ0n) is 13.9. The molecule has 1 aromatic heterocycles. The van der Waals surface area contributed by atoms with Crippen molar-refractivity contribution in [2.45, 2.75) is 13.0 Å². The van der Waals surface area contributed by atoms with Crippen molar-refractivity contribution in [2.24, 2.45) is 0 Å². The maximum absolute atomic E-state index is 12.7. The topological polar surface area (TPSA) is 45.2 Å². The molecule has 1 aliphatic rings. The molecule has 4 heteroatoms. The fourth-order valence-electron chi connectivity index (χ4n) is 3.22. The number of nitrogens with zero attached hydrogens (tertiary/aromatic N) is 2. The van der Waals surface area contributed by atoms with E-state index >= 15 is 0 Å². The Morgan fingerprint density at radius 1 is 1.00 bits per heavy atom. The molecular formula is C21H19N3O. The second-order valence-electron chi connectivity index (χ2n) is 6.07. The van der Waals surface area contributed by atoms with Crippen LogP contribution in [0.15, 0.2) is 72.9 Å². The van der Waals surface area contributed by atoms with Gasteiger partial charge in [-0.15, -0.1) is 0 Å². The van der Waals surface area contributed by atoms with E-state index in [4.69, 9.17) is 0 Å². The van der Waals surface area contributed by atoms with Gasteiger partial charge in [-0.3, -0.25) is 4.79 Å². The Morgan fingerprint density at radius 2 is 1.80 bits per heavy atom. The van der Waals surface area contributed by atoms with Gasteiger partial charge in [-0.05, 0) is 35.7 Å². The molecule has 25 heavy (non-hydrogen) atoms. The molecule has 1 aliphatic heterocycles. The number of aromatic nitrogens is 1. The van der Waals surface area contributed by atoms with Crippen LogP contribution in [-0.2, 0) is 13.0 Å². The normalized spacial score (nSPS) is 12.7. The number of amides is 1. The number of hydrogen-bond acceptors (Lipinski definition) is 3. The van der Waals surface area contributed by atoms with E-state index in [1.165, 1.54) is 5.56 Å². The zero-order valence-corrected chi connectivity index (χ0v) is 13.9. The summed E-state index contributed by atoms with van der Waals surface area (Å²) in [5, 5.41) is 3.00. The molecule has 0 bridgehead atoms. The van der Waals surface area contributed by atoms with Gasteiger partial charge in [0, 0.05) is 25.0 Å². The fraction of sp³-hybridized carbons (Fsp3) is 0.143. The summed E-state index contributed by atoms with van der Waals surface area (Å²) in [6.45, 7) is 1.35.